The van der Waals surface area contributed by atoms with Crippen LogP contribution in [-0.2, 0) is 4.74 Å². The molecule has 5 nitrogen and oxygen atoms in total. The van der Waals surface area contributed by atoms with Crippen LogP contribution in [0.25, 0.3) is 11.1 Å². The van der Waals surface area contributed by atoms with Crippen LogP contribution in [-0.4, -0.2) is 22.5 Å². The first-order valence-electron chi connectivity index (χ1n) is 5.52. The summed E-state index contributed by atoms with van der Waals surface area (Å²) in [5, 5.41) is 0. The van der Waals surface area contributed by atoms with Crippen molar-refractivity contribution in [2.24, 2.45) is 0 Å². The Morgan fingerprint density at radius 3 is 2.78 bits per heavy atom. The molecule has 2 heterocycles. The fraction of sp³-hybridized carbons (Fsp3) is 0.154. The summed E-state index contributed by atoms with van der Waals surface area (Å²) in [5.41, 5.74) is 1.34. The minimum Gasteiger partial charge on any atom is -0.462 e. The SMILES string of the molecule is CCOC(=O)c1cc(=O)[nH]cc1-c1ccncc1. The van der Waals surface area contributed by atoms with Crippen molar-refractivity contribution in [1.82, 2.24) is 9.97 Å². The van der Waals surface area contributed by atoms with Gasteiger partial charge in [-0.3, -0.25) is 9.78 Å². The second-order valence-corrected chi connectivity index (χ2v) is 3.58. The number of hydrogen-bond acceptors (Lipinski definition) is 4. The lowest BCUT2D eigenvalue weighted by atomic mass is 10.0. The lowest BCUT2D eigenvalue weighted by molar-refractivity contribution is 0.0527. The number of esters is 1. The van der Waals surface area contributed by atoms with Crippen molar-refractivity contribution in [3.63, 3.8) is 0 Å². The van der Waals surface area contributed by atoms with Crippen LogP contribution in [0, 0.1) is 0 Å². The highest BCUT2D eigenvalue weighted by atomic mass is 16.5. The highest BCUT2D eigenvalue weighted by Gasteiger charge is 2.14. The molecule has 0 saturated heterocycles. The van der Waals surface area contributed by atoms with Gasteiger partial charge in [0.2, 0.25) is 5.56 Å². The van der Waals surface area contributed by atoms with Gasteiger partial charge in [0, 0.05) is 30.2 Å². The summed E-state index contributed by atoms with van der Waals surface area (Å²) in [6.45, 7) is 1.98. The normalized spacial score (nSPS) is 10.1. The van der Waals surface area contributed by atoms with Crippen molar-refractivity contribution in [2.45, 2.75) is 6.92 Å². The molecule has 0 saturated carbocycles. The standard InChI is InChI=1S/C13H12N2O3/c1-2-18-13(17)10-7-12(16)15-8-11(10)9-3-5-14-6-4-9/h3-8H,2H2,1H3,(H,15,16). The first-order valence-corrected chi connectivity index (χ1v) is 5.52. The smallest absolute Gasteiger partial charge is 0.339 e. The van der Waals surface area contributed by atoms with Gasteiger partial charge in [0.05, 0.1) is 12.2 Å². The number of carbonyl (C=O) groups excluding carboxylic acids is 1. The first kappa shape index (κ1) is 12.0. The average Bonchev–Trinajstić information content (AvgIpc) is 2.40. The van der Waals surface area contributed by atoms with Crippen LogP contribution in [0.5, 0.6) is 0 Å². The lowest BCUT2D eigenvalue weighted by Crippen LogP contribution is -2.13. The van der Waals surface area contributed by atoms with E-state index in [-0.39, 0.29) is 17.7 Å². The Bertz CT molecular complexity index is 605. The van der Waals surface area contributed by atoms with Gasteiger partial charge in [0.25, 0.3) is 0 Å². The number of aromatic amines is 1. The fourth-order valence-corrected chi connectivity index (χ4v) is 1.62. The molecule has 0 aromatic carbocycles. The summed E-state index contributed by atoms with van der Waals surface area (Å²) in [6.07, 6.45) is 4.74. The van der Waals surface area contributed by atoms with E-state index in [0.29, 0.717) is 5.56 Å². The Kier molecular flexibility index (Phi) is 3.52. The summed E-state index contributed by atoms with van der Waals surface area (Å²) < 4.78 is 4.94. The second kappa shape index (κ2) is 5.27. The average molecular weight is 244 g/mol. The monoisotopic (exact) mass is 244 g/mol. The van der Waals surface area contributed by atoms with Crippen molar-refractivity contribution in [3.8, 4) is 11.1 Å². The maximum atomic E-state index is 11.8. The third kappa shape index (κ3) is 2.45. The quantitative estimate of drug-likeness (QED) is 0.832. The van der Waals surface area contributed by atoms with E-state index < -0.39 is 5.97 Å². The predicted molar refractivity (Wildman–Crippen MR) is 66.3 cm³/mol. The Balaban J connectivity index is 2.54. The molecule has 0 amide bonds. The number of hydrogen-bond donors (Lipinski definition) is 1. The molecule has 0 unspecified atom stereocenters. The van der Waals surface area contributed by atoms with E-state index in [0.717, 1.165) is 5.56 Å². The van der Waals surface area contributed by atoms with E-state index in [1.165, 1.54) is 12.3 Å². The molecule has 0 radical (unpaired) electrons. The zero-order chi connectivity index (χ0) is 13.0. The number of carbonyl (C=O) groups is 1. The van der Waals surface area contributed by atoms with Gasteiger partial charge < -0.3 is 9.72 Å². The number of nitrogens with one attached hydrogen (secondary N) is 1. The van der Waals surface area contributed by atoms with Gasteiger partial charge in [-0.1, -0.05) is 0 Å². The van der Waals surface area contributed by atoms with Gasteiger partial charge in [0.15, 0.2) is 0 Å². The topological polar surface area (TPSA) is 72.1 Å². The molecule has 0 aliphatic heterocycles. The van der Waals surface area contributed by atoms with Crippen molar-refractivity contribution in [2.75, 3.05) is 6.61 Å². The maximum Gasteiger partial charge on any atom is 0.339 e. The van der Waals surface area contributed by atoms with Crippen molar-refractivity contribution >= 4 is 5.97 Å². The minimum atomic E-state index is -0.504. The van der Waals surface area contributed by atoms with Gasteiger partial charge in [-0.2, -0.15) is 0 Å². The molecule has 18 heavy (non-hydrogen) atoms. The van der Waals surface area contributed by atoms with Gasteiger partial charge in [0.1, 0.15) is 0 Å². The second-order valence-electron chi connectivity index (χ2n) is 3.58. The predicted octanol–water partition coefficient (Wildman–Crippen LogP) is 1.61. The molecule has 0 aliphatic carbocycles. The van der Waals surface area contributed by atoms with Gasteiger partial charge in [-0.15, -0.1) is 0 Å². The molecule has 0 aliphatic rings. The first-order chi connectivity index (χ1) is 8.72. The summed E-state index contributed by atoms with van der Waals surface area (Å²) in [4.78, 5) is 29.6. The molecule has 2 rings (SSSR count). The molecule has 0 atom stereocenters. The molecule has 0 fully saturated rings. The van der Waals surface area contributed by atoms with E-state index in [1.807, 2.05) is 0 Å². The number of nitrogens with zero attached hydrogens (tertiary/aromatic N) is 1. The molecule has 5 heteroatoms. The van der Waals surface area contributed by atoms with E-state index in [9.17, 15) is 9.59 Å². The Morgan fingerprint density at radius 2 is 2.11 bits per heavy atom. The van der Waals surface area contributed by atoms with Crippen LogP contribution in [0.4, 0.5) is 0 Å². The molecule has 2 aromatic heterocycles. The van der Waals surface area contributed by atoms with Gasteiger partial charge in [-0.25, -0.2) is 4.79 Å². The summed E-state index contributed by atoms with van der Waals surface area (Å²) >= 11 is 0. The third-order valence-electron chi connectivity index (χ3n) is 2.41. The number of rotatable bonds is 3. The third-order valence-corrected chi connectivity index (χ3v) is 2.41. The number of H-pyrrole nitrogens is 1. The summed E-state index contributed by atoms with van der Waals surface area (Å²) in [6, 6.07) is 4.76. The van der Waals surface area contributed by atoms with Crippen LogP contribution in [0.2, 0.25) is 0 Å². The highest BCUT2D eigenvalue weighted by Crippen LogP contribution is 2.21. The lowest BCUT2D eigenvalue weighted by Gasteiger charge is -2.07. The van der Waals surface area contributed by atoms with E-state index in [2.05, 4.69) is 9.97 Å². The van der Waals surface area contributed by atoms with Crippen molar-refractivity contribution in [3.05, 3.63) is 52.7 Å². The molecular formula is C13H12N2O3. The Morgan fingerprint density at radius 1 is 1.39 bits per heavy atom. The van der Waals surface area contributed by atoms with Crippen LogP contribution >= 0.6 is 0 Å². The van der Waals surface area contributed by atoms with E-state index in [1.54, 1.807) is 31.5 Å². The zero-order valence-electron chi connectivity index (χ0n) is 9.84. The summed E-state index contributed by atoms with van der Waals surface area (Å²) in [7, 11) is 0. The van der Waals surface area contributed by atoms with Crippen molar-refractivity contribution in [1.29, 1.82) is 0 Å². The molecule has 0 spiro atoms. The molecule has 1 N–H and O–H groups in total. The Labute approximate surface area is 103 Å². The van der Waals surface area contributed by atoms with Gasteiger partial charge >= 0.3 is 5.97 Å². The number of pyridine rings is 2. The van der Waals surface area contributed by atoms with Crippen LogP contribution in [0.1, 0.15) is 17.3 Å². The highest BCUT2D eigenvalue weighted by molar-refractivity contribution is 5.96. The van der Waals surface area contributed by atoms with Gasteiger partial charge in [-0.05, 0) is 24.6 Å². The maximum absolute atomic E-state index is 11.8. The summed E-state index contributed by atoms with van der Waals surface area (Å²) in [5.74, 6) is -0.504. The number of aromatic nitrogens is 2. The van der Waals surface area contributed by atoms with E-state index in [4.69, 9.17) is 4.74 Å². The van der Waals surface area contributed by atoms with Crippen LogP contribution in [0.15, 0.2) is 41.6 Å². The Hall–Kier alpha value is -2.43. The number of ether oxygens (including phenoxy) is 1. The molecule has 0 bridgehead atoms. The molecular weight excluding hydrogens is 232 g/mol. The van der Waals surface area contributed by atoms with Crippen LogP contribution in [0.3, 0.4) is 0 Å². The largest absolute Gasteiger partial charge is 0.462 e. The fourth-order valence-electron chi connectivity index (χ4n) is 1.62. The van der Waals surface area contributed by atoms with E-state index >= 15 is 0 Å². The minimum absolute atomic E-state index is 0.256. The van der Waals surface area contributed by atoms with Crippen molar-refractivity contribution < 1.29 is 9.53 Å². The zero-order valence-corrected chi connectivity index (χ0v) is 9.84. The van der Waals surface area contributed by atoms with Crippen LogP contribution < -0.4 is 5.56 Å². The molecule has 2 aromatic rings. The molecule has 92 valence electrons.